The number of hydrogen-bond donors (Lipinski definition) is 3. The Morgan fingerprint density at radius 1 is 1.43 bits per heavy atom. The van der Waals surface area contributed by atoms with E-state index in [2.05, 4.69) is 5.32 Å². The number of hydrogen-bond acceptors (Lipinski definition) is 2. The van der Waals surface area contributed by atoms with Crippen LogP contribution in [0.25, 0.3) is 0 Å². The van der Waals surface area contributed by atoms with Crippen molar-refractivity contribution in [3.63, 3.8) is 0 Å². The van der Waals surface area contributed by atoms with Crippen LogP contribution in [0.4, 0.5) is 4.79 Å². The van der Waals surface area contributed by atoms with Gasteiger partial charge in [0.15, 0.2) is 0 Å². The fraction of sp³-hybridized carbons (Fsp3) is 0.222. The minimum Gasteiger partial charge on any atom is -0.465 e. The molecular weight excluding hydrogens is 206 g/mol. The summed E-state index contributed by atoms with van der Waals surface area (Å²) in [4.78, 5) is 10.1. The number of rotatable bonds is 3. The molecule has 5 heteroatoms. The Labute approximate surface area is 86.1 Å². The van der Waals surface area contributed by atoms with Crippen molar-refractivity contribution >= 4 is 17.7 Å². The largest absolute Gasteiger partial charge is 0.465 e. The average molecular weight is 216 g/mol. The van der Waals surface area contributed by atoms with Crippen LogP contribution in [0.2, 0.25) is 5.02 Å². The maximum Gasteiger partial charge on any atom is 0.404 e. The van der Waals surface area contributed by atoms with Gasteiger partial charge in [-0.25, -0.2) is 4.79 Å². The molecule has 0 saturated carbocycles. The van der Waals surface area contributed by atoms with E-state index in [-0.39, 0.29) is 6.54 Å². The van der Waals surface area contributed by atoms with E-state index < -0.39 is 12.2 Å². The van der Waals surface area contributed by atoms with Crippen molar-refractivity contribution in [1.82, 2.24) is 5.32 Å². The molecule has 0 aliphatic rings. The van der Waals surface area contributed by atoms with Crippen molar-refractivity contribution in [3.05, 3.63) is 34.9 Å². The first-order valence-electron chi connectivity index (χ1n) is 4.00. The molecule has 76 valence electrons. The number of amides is 1. The van der Waals surface area contributed by atoms with Crippen molar-refractivity contribution in [2.45, 2.75) is 6.10 Å². The molecule has 0 aliphatic heterocycles. The Hall–Kier alpha value is -1.26. The zero-order chi connectivity index (χ0) is 10.6. The lowest BCUT2D eigenvalue weighted by Gasteiger charge is -2.10. The fourth-order valence-corrected chi connectivity index (χ4v) is 1.11. The van der Waals surface area contributed by atoms with Crippen LogP contribution in [0.1, 0.15) is 11.7 Å². The van der Waals surface area contributed by atoms with Gasteiger partial charge < -0.3 is 15.5 Å². The van der Waals surface area contributed by atoms with Gasteiger partial charge in [0.05, 0.1) is 12.6 Å². The number of benzene rings is 1. The molecule has 0 heterocycles. The van der Waals surface area contributed by atoms with Gasteiger partial charge >= 0.3 is 6.09 Å². The molecular formula is C9H10ClNO3. The number of halogens is 1. The highest BCUT2D eigenvalue weighted by Gasteiger charge is 2.07. The molecule has 0 spiro atoms. The van der Waals surface area contributed by atoms with Crippen LogP contribution in [0, 0.1) is 0 Å². The number of aliphatic hydroxyl groups excluding tert-OH is 1. The molecule has 0 saturated heterocycles. The minimum atomic E-state index is -1.15. The van der Waals surface area contributed by atoms with Gasteiger partial charge in [-0.05, 0) is 17.7 Å². The van der Waals surface area contributed by atoms with Gasteiger partial charge in [0.2, 0.25) is 0 Å². The molecule has 3 N–H and O–H groups in total. The van der Waals surface area contributed by atoms with Crippen LogP contribution in [0.15, 0.2) is 24.3 Å². The molecule has 4 nitrogen and oxygen atoms in total. The van der Waals surface area contributed by atoms with E-state index >= 15 is 0 Å². The summed E-state index contributed by atoms with van der Waals surface area (Å²) in [5.74, 6) is 0. The van der Waals surface area contributed by atoms with Gasteiger partial charge in [-0.2, -0.15) is 0 Å². The molecule has 0 fully saturated rings. The van der Waals surface area contributed by atoms with E-state index in [0.717, 1.165) is 0 Å². The van der Waals surface area contributed by atoms with Crippen molar-refractivity contribution in [2.24, 2.45) is 0 Å². The molecule has 0 radical (unpaired) electrons. The highest BCUT2D eigenvalue weighted by molar-refractivity contribution is 6.30. The van der Waals surface area contributed by atoms with Gasteiger partial charge in [0, 0.05) is 5.02 Å². The van der Waals surface area contributed by atoms with Crippen LogP contribution in [-0.2, 0) is 0 Å². The molecule has 1 amide bonds. The van der Waals surface area contributed by atoms with Gasteiger partial charge in [0.25, 0.3) is 0 Å². The van der Waals surface area contributed by atoms with Crippen LogP contribution in [0.5, 0.6) is 0 Å². The second-order valence-electron chi connectivity index (χ2n) is 2.75. The summed E-state index contributed by atoms with van der Waals surface area (Å²) in [5.41, 5.74) is 0.628. The van der Waals surface area contributed by atoms with Gasteiger partial charge in [-0.3, -0.25) is 0 Å². The molecule has 1 unspecified atom stereocenters. The van der Waals surface area contributed by atoms with E-state index in [9.17, 15) is 9.90 Å². The molecule has 1 rings (SSSR count). The zero-order valence-corrected chi connectivity index (χ0v) is 8.03. The van der Waals surface area contributed by atoms with Crippen LogP contribution in [-0.4, -0.2) is 22.9 Å². The average Bonchev–Trinajstić information content (AvgIpc) is 2.15. The molecule has 0 aromatic heterocycles. The Kier molecular flexibility index (Phi) is 3.73. The highest BCUT2D eigenvalue weighted by Crippen LogP contribution is 2.15. The number of aliphatic hydroxyl groups is 1. The molecule has 0 aliphatic carbocycles. The number of carbonyl (C=O) groups is 1. The molecule has 14 heavy (non-hydrogen) atoms. The Bertz CT molecular complexity index is 312. The quantitative estimate of drug-likeness (QED) is 0.718. The molecule has 1 aromatic carbocycles. The third-order valence-electron chi connectivity index (χ3n) is 1.70. The first-order valence-corrected chi connectivity index (χ1v) is 4.37. The maximum atomic E-state index is 10.1. The summed E-state index contributed by atoms with van der Waals surface area (Å²) in [6.45, 7) is -0.0308. The van der Waals surface area contributed by atoms with Gasteiger partial charge in [0.1, 0.15) is 0 Å². The standard InChI is InChI=1S/C9H10ClNO3/c10-7-3-1-6(2-4-7)8(12)5-11-9(13)14/h1-4,8,11-12H,5H2,(H,13,14). The summed E-state index contributed by atoms with van der Waals surface area (Å²) in [6, 6.07) is 6.58. The first-order chi connectivity index (χ1) is 6.59. The molecule has 0 bridgehead atoms. The van der Waals surface area contributed by atoms with Crippen LogP contribution >= 0.6 is 11.6 Å². The van der Waals surface area contributed by atoms with Crippen LogP contribution in [0.3, 0.4) is 0 Å². The monoisotopic (exact) mass is 215 g/mol. The lowest BCUT2D eigenvalue weighted by Crippen LogP contribution is -2.26. The van der Waals surface area contributed by atoms with E-state index in [1.807, 2.05) is 0 Å². The molecule has 1 aromatic rings. The minimum absolute atomic E-state index is 0.0308. The van der Waals surface area contributed by atoms with Crippen molar-refractivity contribution in [2.75, 3.05) is 6.54 Å². The maximum absolute atomic E-state index is 10.1. The summed E-state index contributed by atoms with van der Waals surface area (Å²) in [6.07, 6.45) is -2.00. The summed E-state index contributed by atoms with van der Waals surface area (Å²) in [5, 5.41) is 20.5. The lowest BCUT2D eigenvalue weighted by molar-refractivity contribution is 0.159. The number of carboxylic acid groups (broad SMARTS) is 1. The summed E-state index contributed by atoms with van der Waals surface area (Å²) < 4.78 is 0. The third kappa shape index (κ3) is 3.24. The Balaban J connectivity index is 2.56. The third-order valence-corrected chi connectivity index (χ3v) is 1.95. The van der Waals surface area contributed by atoms with Crippen LogP contribution < -0.4 is 5.32 Å². The topological polar surface area (TPSA) is 69.6 Å². The number of nitrogens with one attached hydrogen (secondary N) is 1. The molecule has 1 atom stereocenters. The van der Waals surface area contributed by atoms with E-state index in [1.54, 1.807) is 24.3 Å². The fourth-order valence-electron chi connectivity index (χ4n) is 0.987. The van der Waals surface area contributed by atoms with Crippen molar-refractivity contribution in [3.8, 4) is 0 Å². The zero-order valence-electron chi connectivity index (χ0n) is 7.27. The second-order valence-corrected chi connectivity index (χ2v) is 3.19. The van der Waals surface area contributed by atoms with Crippen molar-refractivity contribution < 1.29 is 15.0 Å². The lowest BCUT2D eigenvalue weighted by atomic mass is 10.1. The predicted molar refractivity (Wildman–Crippen MR) is 52.4 cm³/mol. The summed E-state index contributed by atoms with van der Waals surface area (Å²) >= 11 is 5.65. The van der Waals surface area contributed by atoms with Gasteiger partial charge in [-0.1, -0.05) is 23.7 Å². The van der Waals surface area contributed by atoms with E-state index in [4.69, 9.17) is 16.7 Å². The van der Waals surface area contributed by atoms with Crippen molar-refractivity contribution in [1.29, 1.82) is 0 Å². The predicted octanol–water partition coefficient (Wildman–Crippen LogP) is 1.64. The first kappa shape index (κ1) is 10.8. The highest BCUT2D eigenvalue weighted by atomic mass is 35.5. The van der Waals surface area contributed by atoms with E-state index in [1.165, 1.54) is 0 Å². The Morgan fingerprint density at radius 2 is 2.00 bits per heavy atom. The second kappa shape index (κ2) is 4.83. The summed E-state index contributed by atoms with van der Waals surface area (Å²) in [7, 11) is 0. The Morgan fingerprint density at radius 3 is 2.50 bits per heavy atom. The van der Waals surface area contributed by atoms with Gasteiger partial charge in [-0.15, -0.1) is 0 Å². The smallest absolute Gasteiger partial charge is 0.404 e. The normalized spacial score (nSPS) is 12.1. The SMILES string of the molecule is O=C(O)NCC(O)c1ccc(Cl)cc1. The van der Waals surface area contributed by atoms with E-state index in [0.29, 0.717) is 10.6 Å².